The highest BCUT2D eigenvalue weighted by Crippen LogP contribution is 2.25. The Morgan fingerprint density at radius 1 is 1.26 bits per heavy atom. The lowest BCUT2D eigenvalue weighted by Gasteiger charge is -2.17. The van der Waals surface area contributed by atoms with Crippen LogP contribution in [0.3, 0.4) is 0 Å². The summed E-state index contributed by atoms with van der Waals surface area (Å²) in [6, 6.07) is 4.77. The summed E-state index contributed by atoms with van der Waals surface area (Å²) in [6.45, 7) is 6.73. The zero-order valence-electron chi connectivity index (χ0n) is 11.5. The molecule has 2 N–H and O–H groups in total. The molecule has 0 spiro atoms. The van der Waals surface area contributed by atoms with E-state index in [1.165, 1.54) is 0 Å². The molecule has 5 heteroatoms. The third-order valence-electron chi connectivity index (χ3n) is 2.71. The van der Waals surface area contributed by atoms with Crippen LogP contribution in [0.4, 0.5) is 5.69 Å². The number of benzene rings is 1. The summed E-state index contributed by atoms with van der Waals surface area (Å²) in [4.78, 5) is 11.9. The van der Waals surface area contributed by atoms with Crippen LogP contribution in [0.5, 0.6) is 0 Å². The fraction of sp³-hybridized carbons (Fsp3) is 0.500. The number of halogens is 2. The lowest BCUT2D eigenvalue weighted by molar-refractivity contribution is -0.121. The van der Waals surface area contributed by atoms with Gasteiger partial charge in [0.15, 0.2) is 0 Å². The molecule has 1 aromatic carbocycles. The lowest BCUT2D eigenvalue weighted by Crippen LogP contribution is -2.38. The molecule has 1 aromatic rings. The van der Waals surface area contributed by atoms with Gasteiger partial charge in [0.25, 0.3) is 0 Å². The van der Waals surface area contributed by atoms with Gasteiger partial charge >= 0.3 is 0 Å². The fourth-order valence-corrected chi connectivity index (χ4v) is 1.89. The van der Waals surface area contributed by atoms with Gasteiger partial charge < -0.3 is 10.6 Å². The molecule has 0 saturated heterocycles. The number of carbonyl (C=O) groups is 1. The van der Waals surface area contributed by atoms with Crippen molar-refractivity contribution < 1.29 is 4.79 Å². The number of carbonyl (C=O) groups excluding carboxylic acids is 1. The first kappa shape index (κ1) is 16.1. The summed E-state index contributed by atoms with van der Waals surface area (Å²) in [6.07, 6.45) is 0.969. The van der Waals surface area contributed by atoms with E-state index in [2.05, 4.69) is 24.5 Å². The Morgan fingerprint density at radius 3 is 2.58 bits per heavy atom. The second-order valence-electron chi connectivity index (χ2n) is 4.96. The first-order valence-corrected chi connectivity index (χ1v) is 7.15. The van der Waals surface area contributed by atoms with Crippen LogP contribution in [-0.2, 0) is 4.79 Å². The monoisotopic (exact) mass is 302 g/mol. The summed E-state index contributed by atoms with van der Waals surface area (Å²) in [5.74, 6) is 0.530. The molecule has 3 nitrogen and oxygen atoms in total. The number of nitrogens with one attached hydrogen (secondary N) is 2. The molecule has 19 heavy (non-hydrogen) atoms. The second-order valence-corrected chi connectivity index (χ2v) is 5.81. The van der Waals surface area contributed by atoms with Crippen molar-refractivity contribution in [3.63, 3.8) is 0 Å². The van der Waals surface area contributed by atoms with Crippen molar-refractivity contribution in [1.29, 1.82) is 0 Å². The Kier molecular flexibility index (Phi) is 6.46. The van der Waals surface area contributed by atoms with Crippen LogP contribution >= 0.6 is 23.2 Å². The van der Waals surface area contributed by atoms with E-state index in [4.69, 9.17) is 23.2 Å². The molecule has 1 amide bonds. The standard InChI is InChI=1S/C14H20Cl2N2O/c1-9(2)6-7-17-14(19)10(3)18-13-8-11(15)4-5-12(13)16/h4-5,8-10,18H,6-7H2,1-3H3,(H,17,19). The van der Waals surface area contributed by atoms with E-state index in [0.717, 1.165) is 6.42 Å². The van der Waals surface area contributed by atoms with Crippen molar-refractivity contribution >= 4 is 34.8 Å². The van der Waals surface area contributed by atoms with Crippen LogP contribution in [0.25, 0.3) is 0 Å². The van der Waals surface area contributed by atoms with Gasteiger partial charge in [0.05, 0.1) is 10.7 Å². The molecule has 0 fully saturated rings. The highest BCUT2D eigenvalue weighted by molar-refractivity contribution is 6.35. The maximum atomic E-state index is 11.9. The highest BCUT2D eigenvalue weighted by atomic mass is 35.5. The molecule has 0 aromatic heterocycles. The van der Waals surface area contributed by atoms with Gasteiger partial charge in [0.1, 0.15) is 6.04 Å². The number of rotatable bonds is 6. The third kappa shape index (κ3) is 5.70. The van der Waals surface area contributed by atoms with Gasteiger partial charge in [-0.1, -0.05) is 37.0 Å². The van der Waals surface area contributed by atoms with Crippen LogP contribution < -0.4 is 10.6 Å². The van der Waals surface area contributed by atoms with E-state index < -0.39 is 0 Å². The van der Waals surface area contributed by atoms with Crippen molar-refractivity contribution in [1.82, 2.24) is 5.32 Å². The van der Waals surface area contributed by atoms with Gasteiger partial charge in [-0.3, -0.25) is 4.79 Å². The summed E-state index contributed by atoms with van der Waals surface area (Å²) in [7, 11) is 0. The van der Waals surface area contributed by atoms with Gasteiger partial charge in [-0.2, -0.15) is 0 Å². The number of hydrogen-bond acceptors (Lipinski definition) is 2. The smallest absolute Gasteiger partial charge is 0.242 e. The van der Waals surface area contributed by atoms with Crippen molar-refractivity contribution in [2.45, 2.75) is 33.2 Å². The Bertz CT molecular complexity index is 435. The minimum absolute atomic E-state index is 0.0447. The van der Waals surface area contributed by atoms with Gasteiger partial charge in [-0.15, -0.1) is 0 Å². The zero-order chi connectivity index (χ0) is 14.4. The van der Waals surface area contributed by atoms with Gasteiger partial charge in [0, 0.05) is 11.6 Å². The van der Waals surface area contributed by atoms with Crippen molar-refractivity contribution in [3.8, 4) is 0 Å². The summed E-state index contributed by atoms with van der Waals surface area (Å²) in [5.41, 5.74) is 0.667. The average Bonchev–Trinajstić information content (AvgIpc) is 2.33. The summed E-state index contributed by atoms with van der Waals surface area (Å²) in [5, 5.41) is 7.08. The quantitative estimate of drug-likeness (QED) is 0.835. The third-order valence-corrected chi connectivity index (χ3v) is 3.28. The first-order valence-electron chi connectivity index (χ1n) is 6.39. The molecule has 106 valence electrons. The maximum Gasteiger partial charge on any atom is 0.242 e. The topological polar surface area (TPSA) is 41.1 Å². The van der Waals surface area contributed by atoms with Gasteiger partial charge in [-0.05, 0) is 37.5 Å². The number of anilines is 1. The molecule has 0 heterocycles. The molecule has 0 aliphatic heterocycles. The lowest BCUT2D eigenvalue weighted by atomic mass is 10.1. The van der Waals surface area contributed by atoms with Crippen molar-refractivity contribution in [2.75, 3.05) is 11.9 Å². The van der Waals surface area contributed by atoms with Crippen LogP contribution in [0.1, 0.15) is 27.2 Å². The molecule has 0 saturated carbocycles. The molecule has 0 aliphatic rings. The fourth-order valence-electron chi connectivity index (χ4n) is 1.54. The Morgan fingerprint density at radius 2 is 1.95 bits per heavy atom. The largest absolute Gasteiger partial charge is 0.373 e. The van der Waals surface area contributed by atoms with Crippen LogP contribution in [0.2, 0.25) is 10.0 Å². The minimum Gasteiger partial charge on any atom is -0.373 e. The maximum absolute atomic E-state index is 11.9. The number of hydrogen-bond donors (Lipinski definition) is 2. The Labute approximate surface area is 124 Å². The average molecular weight is 303 g/mol. The van der Waals surface area contributed by atoms with Crippen LogP contribution in [0.15, 0.2) is 18.2 Å². The van der Waals surface area contributed by atoms with E-state index in [1.807, 2.05) is 0 Å². The normalized spacial score (nSPS) is 12.3. The molecule has 0 bridgehead atoms. The van der Waals surface area contributed by atoms with E-state index >= 15 is 0 Å². The summed E-state index contributed by atoms with van der Waals surface area (Å²) < 4.78 is 0. The highest BCUT2D eigenvalue weighted by Gasteiger charge is 2.13. The predicted molar refractivity (Wildman–Crippen MR) is 82.0 cm³/mol. The zero-order valence-corrected chi connectivity index (χ0v) is 13.0. The SMILES string of the molecule is CC(C)CCNC(=O)C(C)Nc1cc(Cl)ccc1Cl. The Balaban J connectivity index is 2.51. The van der Waals surface area contributed by atoms with E-state index in [-0.39, 0.29) is 11.9 Å². The molecule has 0 aliphatic carbocycles. The molecular formula is C14H20Cl2N2O. The van der Waals surface area contributed by atoms with E-state index in [9.17, 15) is 4.79 Å². The molecule has 1 unspecified atom stereocenters. The van der Waals surface area contributed by atoms with Crippen molar-refractivity contribution in [3.05, 3.63) is 28.2 Å². The molecule has 1 rings (SSSR count). The molecule has 0 radical (unpaired) electrons. The second kappa shape index (κ2) is 7.61. The van der Waals surface area contributed by atoms with Gasteiger partial charge in [-0.25, -0.2) is 0 Å². The van der Waals surface area contributed by atoms with Crippen molar-refractivity contribution in [2.24, 2.45) is 5.92 Å². The van der Waals surface area contributed by atoms with E-state index in [0.29, 0.717) is 28.2 Å². The Hall–Kier alpha value is -0.930. The van der Waals surface area contributed by atoms with Gasteiger partial charge in [0.2, 0.25) is 5.91 Å². The minimum atomic E-state index is -0.358. The number of amides is 1. The first-order chi connectivity index (χ1) is 8.90. The predicted octanol–water partition coefficient (Wildman–Crippen LogP) is 3.96. The summed E-state index contributed by atoms with van der Waals surface area (Å²) >= 11 is 11.9. The van der Waals surface area contributed by atoms with Crippen LogP contribution in [-0.4, -0.2) is 18.5 Å². The molecular weight excluding hydrogens is 283 g/mol. The van der Waals surface area contributed by atoms with E-state index in [1.54, 1.807) is 25.1 Å². The van der Waals surface area contributed by atoms with Crippen LogP contribution in [0, 0.1) is 5.92 Å². The molecule has 1 atom stereocenters.